The number of halogens is 1. The number of fused-ring (bicyclic) bond motifs is 1. The second kappa shape index (κ2) is 8.53. The van der Waals surface area contributed by atoms with Gasteiger partial charge in [0, 0.05) is 37.7 Å². The van der Waals surface area contributed by atoms with E-state index < -0.39 is 0 Å². The van der Waals surface area contributed by atoms with Gasteiger partial charge in [0.15, 0.2) is 0 Å². The van der Waals surface area contributed by atoms with Crippen molar-refractivity contribution in [2.75, 3.05) is 6.54 Å². The zero-order chi connectivity index (χ0) is 19.3. The highest BCUT2D eigenvalue weighted by atomic mass is 19.1. The Morgan fingerprint density at radius 2 is 1.68 bits per heavy atom. The number of carbonyl (C=O) groups is 1. The first-order valence-corrected chi connectivity index (χ1v) is 9.91. The highest BCUT2D eigenvalue weighted by molar-refractivity contribution is 5.85. The van der Waals surface area contributed by atoms with Crippen LogP contribution in [0.5, 0.6) is 0 Å². The van der Waals surface area contributed by atoms with Crippen LogP contribution in [0, 0.1) is 5.82 Å². The smallest absolute Gasteiger partial charge is 0.221 e. The summed E-state index contributed by atoms with van der Waals surface area (Å²) >= 11 is 0. The number of amides is 1. The molecule has 0 saturated heterocycles. The maximum absolute atomic E-state index is 13.7. The summed E-state index contributed by atoms with van der Waals surface area (Å²) in [7, 11) is 0. The molecule has 1 aliphatic rings. The van der Waals surface area contributed by atoms with Crippen molar-refractivity contribution in [3.05, 3.63) is 83.7 Å². The van der Waals surface area contributed by atoms with Gasteiger partial charge in [0.1, 0.15) is 5.82 Å². The van der Waals surface area contributed by atoms with E-state index in [0.717, 1.165) is 13.1 Å². The SMILES string of the molecule is O=C(CCN(Cc1cccc2ccccc12)C1CC1)NCc1ccccc1F. The molecule has 3 nitrogen and oxygen atoms in total. The Morgan fingerprint density at radius 1 is 0.964 bits per heavy atom. The minimum absolute atomic E-state index is 0.0353. The molecule has 4 heteroatoms. The zero-order valence-corrected chi connectivity index (χ0v) is 15.9. The van der Waals surface area contributed by atoms with Gasteiger partial charge in [-0.05, 0) is 35.2 Å². The number of nitrogens with zero attached hydrogens (tertiary/aromatic N) is 1. The zero-order valence-electron chi connectivity index (χ0n) is 15.9. The third-order valence-electron chi connectivity index (χ3n) is 5.38. The number of rotatable bonds is 8. The fourth-order valence-corrected chi connectivity index (χ4v) is 3.65. The summed E-state index contributed by atoms with van der Waals surface area (Å²) < 4.78 is 13.7. The van der Waals surface area contributed by atoms with Crippen molar-refractivity contribution in [3.8, 4) is 0 Å². The first kappa shape index (κ1) is 18.6. The lowest BCUT2D eigenvalue weighted by Crippen LogP contribution is -2.32. The molecule has 0 aliphatic heterocycles. The van der Waals surface area contributed by atoms with Gasteiger partial charge in [-0.3, -0.25) is 9.69 Å². The molecule has 0 heterocycles. The van der Waals surface area contributed by atoms with Crippen LogP contribution in [0.15, 0.2) is 66.7 Å². The Morgan fingerprint density at radius 3 is 2.50 bits per heavy atom. The lowest BCUT2D eigenvalue weighted by atomic mass is 10.0. The normalized spacial score (nSPS) is 13.8. The van der Waals surface area contributed by atoms with Crippen molar-refractivity contribution in [2.45, 2.75) is 38.4 Å². The molecule has 0 bridgehead atoms. The van der Waals surface area contributed by atoms with E-state index in [0.29, 0.717) is 18.0 Å². The van der Waals surface area contributed by atoms with Gasteiger partial charge in [-0.1, -0.05) is 60.7 Å². The summed E-state index contributed by atoms with van der Waals surface area (Å²) in [5, 5.41) is 5.37. The third kappa shape index (κ3) is 4.57. The predicted octanol–water partition coefficient (Wildman–Crippen LogP) is 4.65. The van der Waals surface area contributed by atoms with Crippen LogP contribution in [-0.2, 0) is 17.9 Å². The van der Waals surface area contributed by atoms with Crippen molar-refractivity contribution >= 4 is 16.7 Å². The highest BCUT2D eigenvalue weighted by Crippen LogP contribution is 2.30. The van der Waals surface area contributed by atoms with Crippen LogP contribution in [0.1, 0.15) is 30.4 Å². The molecule has 4 rings (SSSR count). The standard InChI is InChI=1S/C24H25FN2O/c25-23-11-4-2-7-19(23)16-26-24(28)14-15-27(21-12-13-21)17-20-9-5-8-18-6-1-3-10-22(18)20/h1-11,21H,12-17H2,(H,26,28). The summed E-state index contributed by atoms with van der Waals surface area (Å²) in [6.45, 7) is 1.81. The van der Waals surface area contributed by atoms with Gasteiger partial charge in [-0.25, -0.2) is 4.39 Å². The summed E-state index contributed by atoms with van der Waals surface area (Å²) in [6.07, 6.45) is 2.82. The second-order valence-electron chi connectivity index (χ2n) is 7.46. The van der Waals surface area contributed by atoms with Crippen LogP contribution in [0.3, 0.4) is 0 Å². The maximum Gasteiger partial charge on any atom is 0.221 e. The van der Waals surface area contributed by atoms with Crippen molar-refractivity contribution in [1.82, 2.24) is 10.2 Å². The minimum Gasteiger partial charge on any atom is -0.352 e. The Hall–Kier alpha value is -2.72. The fourth-order valence-electron chi connectivity index (χ4n) is 3.65. The van der Waals surface area contributed by atoms with E-state index in [2.05, 4.69) is 52.7 Å². The van der Waals surface area contributed by atoms with E-state index in [1.54, 1.807) is 18.2 Å². The van der Waals surface area contributed by atoms with Crippen molar-refractivity contribution in [1.29, 1.82) is 0 Å². The summed E-state index contributed by atoms with van der Waals surface area (Å²) in [6, 6.07) is 22.0. The average molecular weight is 376 g/mol. The van der Waals surface area contributed by atoms with Crippen LogP contribution >= 0.6 is 0 Å². The Balaban J connectivity index is 1.35. The molecule has 144 valence electrons. The molecule has 0 radical (unpaired) electrons. The van der Waals surface area contributed by atoms with Gasteiger partial charge in [0.05, 0.1) is 0 Å². The lowest BCUT2D eigenvalue weighted by molar-refractivity contribution is -0.121. The number of carbonyl (C=O) groups excluding carboxylic acids is 1. The quantitative estimate of drug-likeness (QED) is 0.621. The molecular weight excluding hydrogens is 351 g/mol. The third-order valence-corrected chi connectivity index (χ3v) is 5.38. The number of hydrogen-bond donors (Lipinski definition) is 1. The molecular formula is C24H25FN2O. The van der Waals surface area contributed by atoms with Gasteiger partial charge in [0.25, 0.3) is 0 Å². The summed E-state index contributed by atoms with van der Waals surface area (Å²) in [5.41, 5.74) is 1.82. The van der Waals surface area contributed by atoms with E-state index >= 15 is 0 Å². The van der Waals surface area contributed by atoms with Crippen LogP contribution in [-0.4, -0.2) is 23.4 Å². The predicted molar refractivity (Wildman–Crippen MR) is 110 cm³/mol. The number of hydrogen-bond acceptors (Lipinski definition) is 2. The molecule has 1 N–H and O–H groups in total. The second-order valence-corrected chi connectivity index (χ2v) is 7.46. The highest BCUT2D eigenvalue weighted by Gasteiger charge is 2.29. The molecule has 0 atom stereocenters. The van der Waals surface area contributed by atoms with Crippen molar-refractivity contribution < 1.29 is 9.18 Å². The molecule has 3 aromatic rings. The van der Waals surface area contributed by atoms with Crippen LogP contribution in [0.25, 0.3) is 10.8 Å². The average Bonchev–Trinajstić information content (AvgIpc) is 3.56. The molecule has 1 fully saturated rings. The largest absolute Gasteiger partial charge is 0.352 e. The van der Waals surface area contributed by atoms with E-state index in [1.165, 1.54) is 35.2 Å². The molecule has 0 spiro atoms. The van der Waals surface area contributed by atoms with Gasteiger partial charge in [-0.2, -0.15) is 0 Å². The van der Waals surface area contributed by atoms with E-state index in [9.17, 15) is 9.18 Å². The maximum atomic E-state index is 13.7. The summed E-state index contributed by atoms with van der Waals surface area (Å²) in [5.74, 6) is -0.315. The van der Waals surface area contributed by atoms with E-state index in [1.807, 2.05) is 0 Å². The topological polar surface area (TPSA) is 32.3 Å². The summed E-state index contributed by atoms with van der Waals surface area (Å²) in [4.78, 5) is 14.7. The van der Waals surface area contributed by atoms with E-state index in [-0.39, 0.29) is 18.3 Å². The number of benzene rings is 3. The first-order valence-electron chi connectivity index (χ1n) is 9.91. The Kier molecular flexibility index (Phi) is 5.68. The van der Waals surface area contributed by atoms with E-state index in [4.69, 9.17) is 0 Å². The van der Waals surface area contributed by atoms with Crippen LogP contribution < -0.4 is 5.32 Å². The molecule has 1 saturated carbocycles. The van der Waals surface area contributed by atoms with Gasteiger partial charge < -0.3 is 5.32 Å². The molecule has 1 aliphatic carbocycles. The minimum atomic E-state index is -0.279. The molecule has 0 aromatic heterocycles. The van der Waals surface area contributed by atoms with Gasteiger partial charge in [-0.15, -0.1) is 0 Å². The number of nitrogens with one attached hydrogen (secondary N) is 1. The first-order chi connectivity index (χ1) is 13.7. The Labute approximate surface area is 165 Å². The van der Waals surface area contributed by atoms with Gasteiger partial charge >= 0.3 is 0 Å². The fraction of sp³-hybridized carbons (Fsp3) is 0.292. The Bertz CT molecular complexity index is 962. The van der Waals surface area contributed by atoms with Crippen molar-refractivity contribution in [3.63, 3.8) is 0 Å². The van der Waals surface area contributed by atoms with Crippen molar-refractivity contribution in [2.24, 2.45) is 0 Å². The lowest BCUT2D eigenvalue weighted by Gasteiger charge is -2.22. The molecule has 28 heavy (non-hydrogen) atoms. The molecule has 3 aromatic carbocycles. The van der Waals surface area contributed by atoms with Crippen LogP contribution in [0.2, 0.25) is 0 Å². The molecule has 1 amide bonds. The monoisotopic (exact) mass is 376 g/mol. The molecule has 0 unspecified atom stereocenters. The van der Waals surface area contributed by atoms with Crippen LogP contribution in [0.4, 0.5) is 4.39 Å². The van der Waals surface area contributed by atoms with Gasteiger partial charge in [0.2, 0.25) is 5.91 Å².